The highest BCUT2D eigenvalue weighted by Gasteiger charge is 2.17. The van der Waals surface area contributed by atoms with Crippen LogP contribution in [0.1, 0.15) is 22.8 Å². The van der Waals surface area contributed by atoms with Crippen molar-refractivity contribution in [3.8, 4) is 0 Å². The number of benzene rings is 2. The summed E-state index contributed by atoms with van der Waals surface area (Å²) in [6.07, 6.45) is -1.08. The Hall–Kier alpha value is -1.09. The first-order valence-electron chi connectivity index (χ1n) is 5.38. The first-order valence-corrected chi connectivity index (χ1v) is 6.14. The molecule has 2 aromatic carbocycles. The summed E-state index contributed by atoms with van der Waals surface area (Å²) in [7, 11) is 0. The third-order valence-electron chi connectivity index (χ3n) is 2.79. The molecule has 0 bridgehead atoms. The van der Waals surface area contributed by atoms with E-state index in [0.717, 1.165) is 5.56 Å². The largest absolute Gasteiger partial charge is 0.384 e. The van der Waals surface area contributed by atoms with Crippen LogP contribution in [0.5, 0.6) is 0 Å². The van der Waals surface area contributed by atoms with E-state index in [1.165, 1.54) is 12.1 Å². The van der Waals surface area contributed by atoms with Crippen molar-refractivity contribution in [2.45, 2.75) is 13.0 Å². The molecule has 0 saturated carbocycles. The van der Waals surface area contributed by atoms with Gasteiger partial charge in [-0.2, -0.15) is 0 Å². The van der Waals surface area contributed by atoms with Gasteiger partial charge in [-0.3, -0.25) is 0 Å². The van der Waals surface area contributed by atoms with Gasteiger partial charge in [-0.25, -0.2) is 4.39 Å². The molecule has 1 nitrogen and oxygen atoms in total. The zero-order chi connectivity index (χ0) is 13.3. The fourth-order valence-electron chi connectivity index (χ4n) is 1.69. The van der Waals surface area contributed by atoms with Gasteiger partial charge in [-0.1, -0.05) is 47.5 Å². The fourth-order valence-corrected chi connectivity index (χ4v) is 2.06. The Kier molecular flexibility index (Phi) is 3.91. The second-order valence-corrected chi connectivity index (χ2v) is 4.87. The first-order chi connectivity index (χ1) is 8.50. The van der Waals surface area contributed by atoms with Crippen LogP contribution in [0.3, 0.4) is 0 Å². The lowest BCUT2D eigenvalue weighted by Gasteiger charge is -2.14. The molecular weight excluding hydrogens is 274 g/mol. The van der Waals surface area contributed by atoms with Crippen molar-refractivity contribution in [3.63, 3.8) is 0 Å². The van der Waals surface area contributed by atoms with Gasteiger partial charge in [0.15, 0.2) is 0 Å². The van der Waals surface area contributed by atoms with Crippen molar-refractivity contribution in [1.82, 2.24) is 0 Å². The Labute approximate surface area is 115 Å². The molecule has 0 aliphatic rings. The number of hydrogen-bond donors (Lipinski definition) is 1. The second kappa shape index (κ2) is 5.27. The van der Waals surface area contributed by atoms with Crippen LogP contribution in [0.25, 0.3) is 0 Å². The van der Waals surface area contributed by atoms with Gasteiger partial charge < -0.3 is 5.11 Å². The molecule has 0 heterocycles. The summed E-state index contributed by atoms with van der Waals surface area (Å²) >= 11 is 11.7. The molecular formula is C14H11Cl2FO. The summed E-state index contributed by atoms with van der Waals surface area (Å²) in [5, 5.41) is 10.7. The Morgan fingerprint density at radius 3 is 2.50 bits per heavy atom. The number of halogens is 3. The molecule has 0 aliphatic carbocycles. The van der Waals surface area contributed by atoms with Crippen molar-refractivity contribution in [3.05, 3.63) is 69.0 Å². The Morgan fingerprint density at radius 1 is 1.11 bits per heavy atom. The highest BCUT2D eigenvalue weighted by molar-refractivity contribution is 6.31. The van der Waals surface area contributed by atoms with Crippen LogP contribution >= 0.6 is 23.2 Å². The van der Waals surface area contributed by atoms with E-state index in [1.54, 1.807) is 24.3 Å². The maximum Gasteiger partial charge on any atom is 0.147 e. The SMILES string of the molecule is Cc1ccc(C(O)c2cccc(Cl)c2F)cc1Cl. The van der Waals surface area contributed by atoms with Crippen LogP contribution in [-0.2, 0) is 0 Å². The molecule has 4 heteroatoms. The molecule has 1 N–H and O–H groups in total. The summed E-state index contributed by atoms with van der Waals surface area (Å²) in [6.45, 7) is 1.86. The van der Waals surface area contributed by atoms with E-state index in [-0.39, 0.29) is 10.6 Å². The van der Waals surface area contributed by atoms with E-state index in [1.807, 2.05) is 6.92 Å². The van der Waals surface area contributed by atoms with Crippen LogP contribution in [0.4, 0.5) is 4.39 Å². The lowest BCUT2D eigenvalue weighted by molar-refractivity contribution is 0.215. The van der Waals surface area contributed by atoms with E-state index < -0.39 is 11.9 Å². The molecule has 0 aliphatic heterocycles. The average Bonchev–Trinajstić information content (AvgIpc) is 2.35. The Balaban J connectivity index is 2.44. The zero-order valence-corrected chi connectivity index (χ0v) is 11.1. The van der Waals surface area contributed by atoms with Crippen LogP contribution in [-0.4, -0.2) is 5.11 Å². The highest BCUT2D eigenvalue weighted by atomic mass is 35.5. The van der Waals surface area contributed by atoms with Crippen LogP contribution < -0.4 is 0 Å². The molecule has 18 heavy (non-hydrogen) atoms. The van der Waals surface area contributed by atoms with Crippen LogP contribution in [0.2, 0.25) is 10.0 Å². The van der Waals surface area contributed by atoms with Gasteiger partial charge in [0, 0.05) is 10.6 Å². The maximum atomic E-state index is 13.8. The van der Waals surface area contributed by atoms with Crippen molar-refractivity contribution >= 4 is 23.2 Å². The Bertz CT molecular complexity index is 584. The summed E-state index contributed by atoms with van der Waals surface area (Å²) < 4.78 is 13.8. The summed E-state index contributed by atoms with van der Waals surface area (Å²) in [6, 6.07) is 9.66. The molecule has 0 amide bonds. The van der Waals surface area contributed by atoms with Gasteiger partial charge >= 0.3 is 0 Å². The molecule has 0 fully saturated rings. The molecule has 1 unspecified atom stereocenters. The van der Waals surface area contributed by atoms with Crippen molar-refractivity contribution in [2.24, 2.45) is 0 Å². The molecule has 0 radical (unpaired) electrons. The van der Waals surface area contributed by atoms with Gasteiger partial charge in [0.2, 0.25) is 0 Å². The smallest absolute Gasteiger partial charge is 0.147 e. The standard InChI is InChI=1S/C14H11Cl2FO/c1-8-5-6-9(7-12(8)16)14(18)10-3-2-4-11(15)13(10)17/h2-7,14,18H,1H3. The molecule has 2 aromatic rings. The van der Waals surface area contributed by atoms with Gasteiger partial charge in [0.25, 0.3) is 0 Å². The normalized spacial score (nSPS) is 12.5. The molecule has 1 atom stereocenters. The Morgan fingerprint density at radius 2 is 1.83 bits per heavy atom. The summed E-state index contributed by atoms with van der Waals surface area (Å²) in [4.78, 5) is 0. The minimum Gasteiger partial charge on any atom is -0.384 e. The quantitative estimate of drug-likeness (QED) is 0.860. The van der Waals surface area contributed by atoms with Crippen molar-refractivity contribution in [1.29, 1.82) is 0 Å². The third kappa shape index (κ3) is 2.51. The number of hydrogen-bond acceptors (Lipinski definition) is 1. The van der Waals surface area contributed by atoms with Crippen LogP contribution in [0.15, 0.2) is 36.4 Å². The van der Waals surface area contributed by atoms with Crippen LogP contribution in [0, 0.1) is 12.7 Å². The zero-order valence-electron chi connectivity index (χ0n) is 9.62. The maximum absolute atomic E-state index is 13.8. The van der Waals surface area contributed by atoms with E-state index >= 15 is 0 Å². The first kappa shape index (κ1) is 13.3. The van der Waals surface area contributed by atoms with Gasteiger partial charge in [0.1, 0.15) is 11.9 Å². The molecule has 0 saturated heterocycles. The minimum atomic E-state index is -1.08. The number of aliphatic hydroxyl groups is 1. The predicted molar refractivity (Wildman–Crippen MR) is 71.7 cm³/mol. The van der Waals surface area contributed by atoms with E-state index in [0.29, 0.717) is 10.6 Å². The topological polar surface area (TPSA) is 20.2 Å². The lowest BCUT2D eigenvalue weighted by Crippen LogP contribution is -2.03. The summed E-state index contributed by atoms with van der Waals surface area (Å²) in [5.41, 5.74) is 1.58. The van der Waals surface area contributed by atoms with Gasteiger partial charge in [-0.15, -0.1) is 0 Å². The number of aliphatic hydroxyl groups excluding tert-OH is 1. The lowest BCUT2D eigenvalue weighted by atomic mass is 10.00. The van der Waals surface area contributed by atoms with E-state index in [2.05, 4.69) is 0 Å². The van der Waals surface area contributed by atoms with E-state index in [9.17, 15) is 9.50 Å². The number of aryl methyl sites for hydroxylation is 1. The predicted octanol–water partition coefficient (Wildman–Crippen LogP) is 4.52. The molecule has 0 aromatic heterocycles. The molecule has 94 valence electrons. The fraction of sp³-hybridized carbons (Fsp3) is 0.143. The average molecular weight is 285 g/mol. The third-order valence-corrected chi connectivity index (χ3v) is 3.49. The van der Waals surface area contributed by atoms with Crippen molar-refractivity contribution in [2.75, 3.05) is 0 Å². The van der Waals surface area contributed by atoms with Gasteiger partial charge in [0.05, 0.1) is 5.02 Å². The highest BCUT2D eigenvalue weighted by Crippen LogP contribution is 2.30. The molecule has 2 rings (SSSR count). The van der Waals surface area contributed by atoms with Gasteiger partial charge in [-0.05, 0) is 30.2 Å². The second-order valence-electron chi connectivity index (χ2n) is 4.05. The van der Waals surface area contributed by atoms with E-state index in [4.69, 9.17) is 23.2 Å². The summed E-state index contributed by atoms with van der Waals surface area (Å²) in [5.74, 6) is -0.608. The monoisotopic (exact) mass is 284 g/mol. The number of rotatable bonds is 2. The molecule has 0 spiro atoms. The minimum absolute atomic E-state index is 0.00948. The van der Waals surface area contributed by atoms with Crippen molar-refractivity contribution < 1.29 is 9.50 Å².